The molecule has 5 aromatic rings. The topological polar surface area (TPSA) is 87.7 Å². The summed E-state index contributed by atoms with van der Waals surface area (Å²) in [6.07, 6.45) is 5.09. The Morgan fingerprint density at radius 3 is 2.48 bits per heavy atom. The van der Waals surface area contributed by atoms with E-state index in [1.54, 1.807) is 18.0 Å². The quantitative estimate of drug-likeness (QED) is 0.403. The Morgan fingerprint density at radius 2 is 1.73 bits per heavy atom. The number of pyridine rings is 1. The van der Waals surface area contributed by atoms with Crippen LogP contribution in [0, 0.1) is 6.92 Å². The van der Waals surface area contributed by atoms with Crippen molar-refractivity contribution in [3.05, 3.63) is 100 Å². The molecule has 0 bridgehead atoms. The zero-order valence-electron chi connectivity index (χ0n) is 18.3. The number of benzene rings is 2. The van der Waals surface area contributed by atoms with Crippen molar-refractivity contribution in [2.45, 2.75) is 20.0 Å². The second kappa shape index (κ2) is 8.66. The first-order valence-electron chi connectivity index (χ1n) is 10.5. The number of nitrogens with zero attached hydrogens (tertiary/aromatic N) is 6. The summed E-state index contributed by atoms with van der Waals surface area (Å²) >= 11 is 0. The molecule has 8 heteroatoms. The Labute approximate surface area is 190 Å². The summed E-state index contributed by atoms with van der Waals surface area (Å²) in [6.45, 7) is 2.89. The Bertz CT molecular complexity index is 1470. The van der Waals surface area contributed by atoms with Crippen LogP contribution in [0.4, 0.5) is 0 Å². The number of hydrogen-bond acceptors (Lipinski definition) is 6. The lowest BCUT2D eigenvalue weighted by Gasteiger charge is -2.06. The van der Waals surface area contributed by atoms with Crippen molar-refractivity contribution < 1.29 is 4.74 Å². The minimum atomic E-state index is -0.161. The van der Waals surface area contributed by atoms with Crippen molar-refractivity contribution in [1.29, 1.82) is 0 Å². The van der Waals surface area contributed by atoms with Gasteiger partial charge in [-0.15, -0.1) is 5.10 Å². The predicted molar refractivity (Wildman–Crippen MR) is 125 cm³/mol. The van der Waals surface area contributed by atoms with E-state index in [4.69, 9.17) is 4.74 Å². The highest BCUT2D eigenvalue weighted by atomic mass is 16.5. The normalized spacial score (nSPS) is 11.1. The first kappa shape index (κ1) is 20.6. The minimum absolute atomic E-state index is 0.161. The number of aromatic nitrogens is 6. The fourth-order valence-electron chi connectivity index (χ4n) is 3.65. The predicted octanol–water partition coefficient (Wildman–Crippen LogP) is 3.46. The van der Waals surface area contributed by atoms with Crippen LogP contribution in [0.15, 0.2) is 78.1 Å². The molecule has 0 radical (unpaired) electrons. The van der Waals surface area contributed by atoms with Crippen LogP contribution in [0.3, 0.4) is 0 Å². The highest BCUT2D eigenvalue weighted by Crippen LogP contribution is 2.21. The lowest BCUT2D eigenvalue weighted by Crippen LogP contribution is -2.21. The molecule has 8 nitrogen and oxygen atoms in total. The van der Waals surface area contributed by atoms with Crippen LogP contribution >= 0.6 is 0 Å². The maximum atomic E-state index is 13.1. The van der Waals surface area contributed by atoms with Crippen LogP contribution in [-0.2, 0) is 13.1 Å². The molecular formula is C25H22N6O2. The van der Waals surface area contributed by atoms with Gasteiger partial charge >= 0.3 is 0 Å². The lowest BCUT2D eigenvalue weighted by molar-refractivity contribution is 0.414. The third kappa shape index (κ3) is 4.36. The minimum Gasteiger partial charge on any atom is -0.497 e. The summed E-state index contributed by atoms with van der Waals surface area (Å²) in [5.41, 5.74) is 5.08. The summed E-state index contributed by atoms with van der Waals surface area (Å²) < 4.78 is 8.47. The van der Waals surface area contributed by atoms with Crippen LogP contribution in [0.25, 0.3) is 22.2 Å². The maximum Gasteiger partial charge on any atom is 0.263 e. The molecule has 2 aromatic carbocycles. The molecule has 0 spiro atoms. The van der Waals surface area contributed by atoms with Gasteiger partial charge in [-0.25, -0.2) is 14.6 Å². The van der Waals surface area contributed by atoms with Crippen molar-refractivity contribution in [2.75, 3.05) is 7.11 Å². The van der Waals surface area contributed by atoms with Crippen molar-refractivity contribution in [1.82, 2.24) is 29.5 Å². The van der Waals surface area contributed by atoms with E-state index >= 15 is 0 Å². The molecule has 3 aromatic heterocycles. The molecule has 0 aliphatic heterocycles. The Hall–Kier alpha value is -4.33. The molecule has 3 heterocycles. The monoisotopic (exact) mass is 438 g/mol. The van der Waals surface area contributed by atoms with Crippen LogP contribution in [0.1, 0.15) is 16.8 Å². The van der Waals surface area contributed by atoms with Gasteiger partial charge in [-0.3, -0.25) is 9.36 Å². The number of hydrogen-bond donors (Lipinski definition) is 0. The van der Waals surface area contributed by atoms with Gasteiger partial charge in [0.05, 0.1) is 31.8 Å². The van der Waals surface area contributed by atoms with Gasteiger partial charge in [0.2, 0.25) is 0 Å². The summed E-state index contributed by atoms with van der Waals surface area (Å²) in [6, 6.07) is 17.8. The Morgan fingerprint density at radius 1 is 0.939 bits per heavy atom. The molecule has 0 saturated heterocycles. The zero-order valence-corrected chi connectivity index (χ0v) is 18.3. The molecule has 0 aliphatic rings. The third-order valence-corrected chi connectivity index (χ3v) is 5.48. The Balaban J connectivity index is 1.39. The molecule has 5 rings (SSSR count). The van der Waals surface area contributed by atoms with Gasteiger partial charge in [-0.2, -0.15) is 0 Å². The Kier molecular flexibility index (Phi) is 5.40. The van der Waals surface area contributed by atoms with Gasteiger partial charge in [-0.05, 0) is 36.2 Å². The first-order valence-corrected chi connectivity index (χ1v) is 10.5. The van der Waals surface area contributed by atoms with Gasteiger partial charge in [-0.1, -0.05) is 47.2 Å². The molecule has 0 fully saturated rings. The van der Waals surface area contributed by atoms with E-state index in [0.717, 1.165) is 22.4 Å². The highest BCUT2D eigenvalue weighted by molar-refractivity contribution is 5.79. The van der Waals surface area contributed by atoms with E-state index in [1.165, 1.54) is 16.5 Å². The summed E-state index contributed by atoms with van der Waals surface area (Å²) in [4.78, 5) is 21.9. The number of aryl methyl sites for hydroxylation is 1. The van der Waals surface area contributed by atoms with E-state index < -0.39 is 0 Å². The average molecular weight is 438 g/mol. The van der Waals surface area contributed by atoms with Crippen LogP contribution in [0.5, 0.6) is 5.75 Å². The summed E-state index contributed by atoms with van der Waals surface area (Å²) in [7, 11) is 1.64. The van der Waals surface area contributed by atoms with Crippen molar-refractivity contribution >= 4 is 11.0 Å². The van der Waals surface area contributed by atoms with Crippen LogP contribution < -0.4 is 10.3 Å². The van der Waals surface area contributed by atoms with Crippen LogP contribution in [-0.4, -0.2) is 36.6 Å². The maximum absolute atomic E-state index is 13.1. The van der Waals surface area contributed by atoms with Gasteiger partial charge in [0.1, 0.15) is 17.8 Å². The molecule has 0 saturated carbocycles. The van der Waals surface area contributed by atoms with E-state index in [0.29, 0.717) is 23.3 Å². The van der Waals surface area contributed by atoms with E-state index in [1.807, 2.05) is 67.7 Å². The lowest BCUT2D eigenvalue weighted by atomic mass is 10.1. The fraction of sp³-hybridized carbons (Fsp3) is 0.160. The van der Waals surface area contributed by atoms with Gasteiger partial charge in [0.15, 0.2) is 5.65 Å². The van der Waals surface area contributed by atoms with E-state index in [9.17, 15) is 4.79 Å². The second-order valence-corrected chi connectivity index (χ2v) is 7.89. The fourth-order valence-corrected chi connectivity index (χ4v) is 3.65. The van der Waals surface area contributed by atoms with Crippen molar-refractivity contribution in [3.63, 3.8) is 0 Å². The molecule has 0 aliphatic carbocycles. The average Bonchev–Trinajstić information content (AvgIpc) is 3.28. The molecule has 0 N–H and O–H groups in total. The molecule has 164 valence electrons. The smallest absolute Gasteiger partial charge is 0.263 e. The second-order valence-electron chi connectivity index (χ2n) is 7.89. The number of fused-ring (bicyclic) bond motifs is 1. The third-order valence-electron chi connectivity index (χ3n) is 5.48. The van der Waals surface area contributed by atoms with E-state index in [2.05, 4.69) is 20.3 Å². The molecule has 0 amide bonds. The molecular weight excluding hydrogens is 416 g/mol. The standard InChI is InChI=1S/C25H22N6O2/c1-17-3-7-19(8-4-17)20-11-23-24(26-12-20)27-16-30(25(23)32)14-21-15-31(29-28-21)13-18-5-9-22(33-2)10-6-18/h3-12,15-16H,13-14H2,1-2H3. The summed E-state index contributed by atoms with van der Waals surface area (Å²) in [5, 5.41) is 8.88. The van der Waals surface area contributed by atoms with Crippen LogP contribution in [0.2, 0.25) is 0 Å². The van der Waals surface area contributed by atoms with Crippen molar-refractivity contribution in [3.8, 4) is 16.9 Å². The number of methoxy groups -OCH3 is 1. The van der Waals surface area contributed by atoms with Gasteiger partial charge in [0, 0.05) is 11.8 Å². The van der Waals surface area contributed by atoms with Gasteiger partial charge < -0.3 is 4.74 Å². The summed E-state index contributed by atoms with van der Waals surface area (Å²) in [5.74, 6) is 0.807. The highest BCUT2D eigenvalue weighted by Gasteiger charge is 2.10. The number of rotatable bonds is 6. The van der Waals surface area contributed by atoms with Crippen molar-refractivity contribution in [2.24, 2.45) is 0 Å². The number of ether oxygens (including phenoxy) is 1. The molecule has 0 atom stereocenters. The largest absolute Gasteiger partial charge is 0.497 e. The SMILES string of the molecule is COc1ccc(Cn2cc(Cn3cnc4ncc(-c5ccc(C)cc5)cc4c3=O)nn2)cc1. The first-order chi connectivity index (χ1) is 16.1. The molecule has 0 unspecified atom stereocenters. The molecule has 33 heavy (non-hydrogen) atoms. The van der Waals surface area contributed by atoms with Gasteiger partial charge in [0.25, 0.3) is 5.56 Å². The zero-order chi connectivity index (χ0) is 22.8. The van der Waals surface area contributed by atoms with E-state index in [-0.39, 0.29) is 12.1 Å².